The third-order valence-corrected chi connectivity index (χ3v) is 4.37. The SMILES string of the molecule is Cc1c(C(=O)O)c(NCC2(O)CCOCC2)nc2ccccc12. The van der Waals surface area contributed by atoms with E-state index in [2.05, 4.69) is 10.3 Å². The highest BCUT2D eigenvalue weighted by molar-refractivity contribution is 6.01. The number of aromatic nitrogens is 1. The quantitative estimate of drug-likeness (QED) is 0.801. The lowest BCUT2D eigenvalue weighted by Crippen LogP contribution is -2.42. The normalized spacial score (nSPS) is 17.1. The van der Waals surface area contributed by atoms with Gasteiger partial charge in [0.25, 0.3) is 0 Å². The molecule has 0 bridgehead atoms. The molecular formula is C17H20N2O4. The van der Waals surface area contributed by atoms with E-state index in [9.17, 15) is 15.0 Å². The Morgan fingerprint density at radius 1 is 1.35 bits per heavy atom. The van der Waals surface area contributed by atoms with E-state index < -0.39 is 11.6 Å². The lowest BCUT2D eigenvalue weighted by Gasteiger charge is -2.32. The molecule has 0 aliphatic carbocycles. The lowest BCUT2D eigenvalue weighted by atomic mass is 9.94. The summed E-state index contributed by atoms with van der Waals surface area (Å²) in [5, 5.41) is 23.9. The summed E-state index contributed by atoms with van der Waals surface area (Å²) in [4.78, 5) is 16.1. The first kappa shape index (κ1) is 15.7. The summed E-state index contributed by atoms with van der Waals surface area (Å²) in [6, 6.07) is 7.44. The zero-order chi connectivity index (χ0) is 16.4. The van der Waals surface area contributed by atoms with E-state index in [1.165, 1.54) is 0 Å². The van der Waals surface area contributed by atoms with E-state index >= 15 is 0 Å². The molecule has 1 aromatic carbocycles. The fraction of sp³-hybridized carbons (Fsp3) is 0.412. The van der Waals surface area contributed by atoms with Crippen molar-refractivity contribution >= 4 is 22.7 Å². The van der Waals surface area contributed by atoms with Gasteiger partial charge in [-0.15, -0.1) is 0 Å². The highest BCUT2D eigenvalue weighted by atomic mass is 16.5. The molecule has 1 aromatic heterocycles. The number of nitrogens with one attached hydrogen (secondary N) is 1. The van der Waals surface area contributed by atoms with Crippen molar-refractivity contribution in [1.29, 1.82) is 0 Å². The Kier molecular flexibility index (Phi) is 4.19. The van der Waals surface area contributed by atoms with Gasteiger partial charge >= 0.3 is 5.97 Å². The maximum Gasteiger partial charge on any atom is 0.339 e. The maximum absolute atomic E-state index is 11.7. The molecule has 6 nitrogen and oxygen atoms in total. The molecule has 1 aliphatic rings. The first-order valence-electron chi connectivity index (χ1n) is 7.67. The van der Waals surface area contributed by atoms with Gasteiger partial charge in [-0.2, -0.15) is 0 Å². The van der Waals surface area contributed by atoms with Crippen LogP contribution in [0.1, 0.15) is 28.8 Å². The predicted octanol–water partition coefficient (Wildman–Crippen LogP) is 2.19. The van der Waals surface area contributed by atoms with Gasteiger partial charge in [0.2, 0.25) is 0 Å². The molecule has 0 unspecified atom stereocenters. The number of ether oxygens (including phenoxy) is 1. The zero-order valence-corrected chi connectivity index (χ0v) is 13.0. The van der Waals surface area contributed by atoms with Crippen LogP contribution in [0.25, 0.3) is 10.9 Å². The Hall–Kier alpha value is -2.18. The molecule has 0 saturated carbocycles. The standard InChI is InChI=1S/C17H20N2O4/c1-11-12-4-2-3-5-13(12)19-15(14(11)16(20)21)18-10-17(22)6-8-23-9-7-17/h2-5,22H,6-10H2,1H3,(H,18,19)(H,20,21). The monoisotopic (exact) mass is 316 g/mol. The summed E-state index contributed by atoms with van der Waals surface area (Å²) in [6.45, 7) is 3.05. The Labute approximate surface area is 134 Å². The maximum atomic E-state index is 11.7. The minimum Gasteiger partial charge on any atom is -0.478 e. The minimum absolute atomic E-state index is 0.152. The third-order valence-electron chi connectivity index (χ3n) is 4.37. The zero-order valence-electron chi connectivity index (χ0n) is 13.0. The number of carboxylic acids is 1. The second-order valence-corrected chi connectivity index (χ2v) is 5.97. The van der Waals surface area contributed by atoms with Crippen LogP contribution >= 0.6 is 0 Å². The number of hydrogen-bond acceptors (Lipinski definition) is 5. The van der Waals surface area contributed by atoms with Crippen molar-refractivity contribution in [2.24, 2.45) is 0 Å². The first-order chi connectivity index (χ1) is 11.0. The number of nitrogens with zero attached hydrogens (tertiary/aromatic N) is 1. The fourth-order valence-electron chi connectivity index (χ4n) is 2.94. The Bertz CT molecular complexity index is 739. The second kappa shape index (κ2) is 6.14. The number of aryl methyl sites for hydroxylation is 1. The van der Waals surface area contributed by atoms with E-state index in [-0.39, 0.29) is 12.1 Å². The molecule has 122 valence electrons. The molecule has 2 aromatic rings. The van der Waals surface area contributed by atoms with Gasteiger partial charge in [0.05, 0.1) is 11.1 Å². The van der Waals surface area contributed by atoms with E-state index in [0.717, 1.165) is 10.9 Å². The van der Waals surface area contributed by atoms with Crippen LogP contribution in [-0.2, 0) is 4.74 Å². The number of rotatable bonds is 4. The third kappa shape index (κ3) is 3.13. The van der Waals surface area contributed by atoms with Crippen molar-refractivity contribution in [1.82, 2.24) is 4.98 Å². The molecule has 6 heteroatoms. The van der Waals surface area contributed by atoms with Crippen molar-refractivity contribution in [3.8, 4) is 0 Å². The molecule has 1 fully saturated rings. The van der Waals surface area contributed by atoms with Gasteiger partial charge in [-0.3, -0.25) is 0 Å². The molecule has 2 heterocycles. The van der Waals surface area contributed by atoms with Gasteiger partial charge in [0.15, 0.2) is 0 Å². The van der Waals surface area contributed by atoms with Crippen LogP contribution in [0.15, 0.2) is 24.3 Å². The number of fused-ring (bicyclic) bond motifs is 1. The molecule has 0 spiro atoms. The lowest BCUT2D eigenvalue weighted by molar-refractivity contribution is -0.0544. The van der Waals surface area contributed by atoms with Crippen LogP contribution in [-0.4, -0.2) is 46.5 Å². The molecule has 1 saturated heterocycles. The topological polar surface area (TPSA) is 91.7 Å². The van der Waals surface area contributed by atoms with E-state index in [1.54, 1.807) is 6.92 Å². The number of pyridine rings is 1. The van der Waals surface area contributed by atoms with Gasteiger partial charge < -0.3 is 20.3 Å². The number of carboxylic acid groups (broad SMARTS) is 1. The highest BCUT2D eigenvalue weighted by Crippen LogP contribution is 2.27. The molecule has 0 amide bonds. The minimum atomic E-state index is -1.03. The molecule has 23 heavy (non-hydrogen) atoms. The number of aromatic carboxylic acids is 1. The van der Waals surface area contributed by atoms with E-state index in [1.807, 2.05) is 24.3 Å². The molecule has 0 atom stereocenters. The van der Waals surface area contributed by atoms with Crippen LogP contribution in [0.4, 0.5) is 5.82 Å². The van der Waals surface area contributed by atoms with Gasteiger partial charge in [-0.05, 0) is 18.6 Å². The molecular weight excluding hydrogens is 296 g/mol. The van der Waals surface area contributed by atoms with Gasteiger partial charge in [0, 0.05) is 38.0 Å². The average Bonchev–Trinajstić information content (AvgIpc) is 2.53. The van der Waals surface area contributed by atoms with Gasteiger partial charge in [-0.1, -0.05) is 18.2 Å². The van der Waals surface area contributed by atoms with Crippen molar-refractivity contribution < 1.29 is 19.7 Å². The smallest absolute Gasteiger partial charge is 0.339 e. The van der Waals surface area contributed by atoms with E-state index in [4.69, 9.17) is 4.74 Å². The average molecular weight is 316 g/mol. The molecule has 3 rings (SSSR count). The number of benzene rings is 1. The van der Waals surface area contributed by atoms with Gasteiger partial charge in [0.1, 0.15) is 11.4 Å². The van der Waals surface area contributed by atoms with Crippen molar-refractivity contribution in [3.05, 3.63) is 35.4 Å². The summed E-state index contributed by atoms with van der Waals surface area (Å²) in [6.07, 6.45) is 1.05. The number of anilines is 1. The molecule has 3 N–H and O–H groups in total. The second-order valence-electron chi connectivity index (χ2n) is 5.97. The first-order valence-corrected chi connectivity index (χ1v) is 7.67. The van der Waals surface area contributed by atoms with Crippen LogP contribution < -0.4 is 5.32 Å². The summed E-state index contributed by atoms with van der Waals surface area (Å²) in [5.41, 5.74) is 0.662. The van der Waals surface area contributed by atoms with Crippen LogP contribution in [0.5, 0.6) is 0 Å². The summed E-state index contributed by atoms with van der Waals surface area (Å²) >= 11 is 0. The van der Waals surface area contributed by atoms with Crippen molar-refractivity contribution in [2.75, 3.05) is 25.1 Å². The van der Waals surface area contributed by atoms with Crippen LogP contribution in [0.3, 0.4) is 0 Å². The highest BCUT2D eigenvalue weighted by Gasteiger charge is 2.30. The Morgan fingerprint density at radius 3 is 2.74 bits per heavy atom. The Balaban J connectivity index is 1.95. The number of hydrogen-bond donors (Lipinski definition) is 3. The van der Waals surface area contributed by atoms with Crippen LogP contribution in [0, 0.1) is 6.92 Å². The van der Waals surface area contributed by atoms with Crippen molar-refractivity contribution in [2.45, 2.75) is 25.4 Å². The summed E-state index contributed by atoms with van der Waals surface area (Å²) in [7, 11) is 0. The van der Waals surface area contributed by atoms with Gasteiger partial charge in [-0.25, -0.2) is 9.78 Å². The molecule has 0 radical (unpaired) electrons. The fourth-order valence-corrected chi connectivity index (χ4v) is 2.94. The summed E-state index contributed by atoms with van der Waals surface area (Å²) < 4.78 is 5.26. The number of para-hydroxylation sites is 1. The number of aliphatic hydroxyl groups is 1. The van der Waals surface area contributed by atoms with Crippen molar-refractivity contribution in [3.63, 3.8) is 0 Å². The predicted molar refractivity (Wildman–Crippen MR) is 86.9 cm³/mol. The van der Waals surface area contributed by atoms with E-state index in [0.29, 0.717) is 37.4 Å². The largest absolute Gasteiger partial charge is 0.478 e. The molecule has 1 aliphatic heterocycles. The van der Waals surface area contributed by atoms with Crippen LogP contribution in [0.2, 0.25) is 0 Å². The number of carbonyl (C=O) groups is 1. The summed E-state index contributed by atoms with van der Waals surface area (Å²) in [5.74, 6) is -0.726. The Morgan fingerprint density at radius 2 is 2.04 bits per heavy atom.